The molecule has 2 rings (SSSR count). The van der Waals surface area contributed by atoms with Crippen molar-refractivity contribution < 1.29 is 28.0 Å². The first kappa shape index (κ1) is 16.6. The molecule has 6 nitrogen and oxygen atoms in total. The normalized spacial score (nSPS) is 10.4. The molecule has 120 valence electrons. The van der Waals surface area contributed by atoms with Gasteiger partial charge in [0.05, 0.1) is 15.5 Å². The molecule has 9 heteroatoms. The second-order valence-electron chi connectivity index (χ2n) is 4.16. The summed E-state index contributed by atoms with van der Waals surface area (Å²) in [7, 11) is 0. The standard InChI is InChI=1S/C14H8ClF2NO5/c15-11-7-9(18(20)21)3-6-12(11)23-13(19)8-1-4-10(5-2-8)22-14(16)17/h1-7,14H. The number of nitrogens with zero attached hydrogens (tertiary/aromatic N) is 1. The molecule has 0 heterocycles. The lowest BCUT2D eigenvalue weighted by molar-refractivity contribution is -0.384. The number of carbonyl (C=O) groups excluding carboxylic acids is 1. The molecule has 0 N–H and O–H groups in total. The first-order chi connectivity index (χ1) is 10.9. The lowest BCUT2D eigenvalue weighted by Gasteiger charge is -2.07. The Hall–Kier alpha value is -2.74. The molecule has 0 aromatic heterocycles. The largest absolute Gasteiger partial charge is 0.435 e. The van der Waals surface area contributed by atoms with Gasteiger partial charge in [0, 0.05) is 12.1 Å². The number of benzene rings is 2. The van der Waals surface area contributed by atoms with Gasteiger partial charge >= 0.3 is 12.6 Å². The van der Waals surface area contributed by atoms with Crippen LogP contribution in [-0.4, -0.2) is 17.5 Å². The average Bonchev–Trinajstić information content (AvgIpc) is 2.49. The quantitative estimate of drug-likeness (QED) is 0.354. The van der Waals surface area contributed by atoms with E-state index in [0.717, 1.165) is 12.1 Å². The summed E-state index contributed by atoms with van der Waals surface area (Å²) in [5, 5.41) is 10.5. The summed E-state index contributed by atoms with van der Waals surface area (Å²) in [5.41, 5.74) is -0.177. The van der Waals surface area contributed by atoms with Crippen LogP contribution in [0, 0.1) is 10.1 Å². The molecule has 0 bridgehead atoms. The second-order valence-corrected chi connectivity index (χ2v) is 4.57. The molecule has 0 saturated carbocycles. The van der Waals surface area contributed by atoms with Crippen molar-refractivity contribution in [1.82, 2.24) is 0 Å². The minimum atomic E-state index is -2.97. The van der Waals surface area contributed by atoms with Gasteiger partial charge in [0.15, 0.2) is 0 Å². The molecule has 0 radical (unpaired) electrons. The van der Waals surface area contributed by atoms with E-state index in [9.17, 15) is 23.7 Å². The molecule has 2 aromatic rings. The predicted octanol–water partition coefficient (Wildman–Crippen LogP) is 4.07. The Morgan fingerprint density at radius 1 is 1.17 bits per heavy atom. The number of nitro benzene ring substituents is 1. The summed E-state index contributed by atoms with van der Waals surface area (Å²) in [6.45, 7) is -2.97. The van der Waals surface area contributed by atoms with E-state index in [4.69, 9.17) is 16.3 Å². The molecule has 0 atom stereocenters. The van der Waals surface area contributed by atoms with Crippen LogP contribution < -0.4 is 9.47 Å². The fourth-order valence-electron chi connectivity index (χ4n) is 1.62. The van der Waals surface area contributed by atoms with E-state index in [2.05, 4.69) is 4.74 Å². The van der Waals surface area contributed by atoms with Crippen molar-refractivity contribution in [2.75, 3.05) is 0 Å². The highest BCUT2D eigenvalue weighted by molar-refractivity contribution is 6.32. The van der Waals surface area contributed by atoms with Crippen molar-refractivity contribution in [3.63, 3.8) is 0 Å². The van der Waals surface area contributed by atoms with Gasteiger partial charge in [-0.15, -0.1) is 0 Å². The monoisotopic (exact) mass is 343 g/mol. The number of non-ortho nitro benzene ring substituents is 1. The van der Waals surface area contributed by atoms with E-state index < -0.39 is 17.5 Å². The summed E-state index contributed by atoms with van der Waals surface area (Å²) >= 11 is 5.80. The number of halogens is 3. The fourth-order valence-corrected chi connectivity index (χ4v) is 1.83. The molecule has 0 unspecified atom stereocenters. The summed E-state index contributed by atoms with van der Waals surface area (Å²) in [5.74, 6) is -0.968. The van der Waals surface area contributed by atoms with E-state index >= 15 is 0 Å². The Bertz CT molecular complexity index is 736. The number of esters is 1. The minimum absolute atomic E-state index is 0.0600. The number of nitro groups is 1. The molecular weight excluding hydrogens is 336 g/mol. The summed E-state index contributed by atoms with van der Waals surface area (Å²) in [4.78, 5) is 21.9. The third kappa shape index (κ3) is 4.36. The number of hydrogen-bond acceptors (Lipinski definition) is 5. The highest BCUT2D eigenvalue weighted by Gasteiger charge is 2.15. The highest BCUT2D eigenvalue weighted by atomic mass is 35.5. The van der Waals surface area contributed by atoms with E-state index in [1.165, 1.54) is 30.3 Å². The zero-order valence-electron chi connectivity index (χ0n) is 11.2. The third-order valence-corrected chi connectivity index (χ3v) is 2.94. The zero-order valence-corrected chi connectivity index (χ0v) is 12.0. The Labute approximate surface area is 133 Å². The lowest BCUT2D eigenvalue weighted by Crippen LogP contribution is -2.09. The van der Waals surface area contributed by atoms with Crippen LogP contribution in [0.2, 0.25) is 5.02 Å². The van der Waals surface area contributed by atoms with Crippen LogP contribution in [-0.2, 0) is 0 Å². The predicted molar refractivity (Wildman–Crippen MR) is 76.1 cm³/mol. The van der Waals surface area contributed by atoms with Gasteiger partial charge in [0.25, 0.3) is 5.69 Å². The Balaban J connectivity index is 2.11. The van der Waals surface area contributed by atoms with Crippen LogP contribution in [0.1, 0.15) is 10.4 Å². The van der Waals surface area contributed by atoms with E-state index in [1.807, 2.05) is 0 Å². The van der Waals surface area contributed by atoms with Crippen LogP contribution in [0.5, 0.6) is 11.5 Å². The fraction of sp³-hybridized carbons (Fsp3) is 0.0714. The van der Waals surface area contributed by atoms with Crippen molar-refractivity contribution in [2.24, 2.45) is 0 Å². The lowest BCUT2D eigenvalue weighted by atomic mass is 10.2. The van der Waals surface area contributed by atoms with Gasteiger partial charge in [-0.2, -0.15) is 8.78 Å². The molecular formula is C14H8ClF2NO5. The average molecular weight is 344 g/mol. The highest BCUT2D eigenvalue weighted by Crippen LogP contribution is 2.29. The Kier molecular flexibility index (Phi) is 5.07. The summed E-state index contributed by atoms with van der Waals surface area (Å²) in [6, 6.07) is 8.20. The maximum atomic E-state index is 12.0. The van der Waals surface area contributed by atoms with Gasteiger partial charge in [-0.1, -0.05) is 11.6 Å². The Morgan fingerprint density at radius 3 is 2.35 bits per heavy atom. The molecule has 0 aliphatic rings. The van der Waals surface area contributed by atoms with Gasteiger partial charge in [0.1, 0.15) is 11.5 Å². The Morgan fingerprint density at radius 2 is 1.83 bits per heavy atom. The first-order valence-electron chi connectivity index (χ1n) is 6.08. The van der Waals surface area contributed by atoms with Gasteiger partial charge in [0.2, 0.25) is 0 Å². The van der Waals surface area contributed by atoms with Crippen LogP contribution in [0.15, 0.2) is 42.5 Å². The van der Waals surface area contributed by atoms with Gasteiger partial charge in [-0.05, 0) is 30.3 Å². The molecule has 2 aromatic carbocycles. The molecule has 0 spiro atoms. The molecule has 0 aliphatic heterocycles. The molecule has 23 heavy (non-hydrogen) atoms. The topological polar surface area (TPSA) is 78.7 Å². The smallest absolute Gasteiger partial charge is 0.387 e. The second kappa shape index (κ2) is 7.01. The molecule has 0 saturated heterocycles. The first-order valence-corrected chi connectivity index (χ1v) is 6.45. The van der Waals surface area contributed by atoms with E-state index in [0.29, 0.717) is 0 Å². The van der Waals surface area contributed by atoms with Crippen molar-refractivity contribution in [2.45, 2.75) is 6.61 Å². The molecule has 0 aliphatic carbocycles. The van der Waals surface area contributed by atoms with Crippen LogP contribution in [0.25, 0.3) is 0 Å². The number of carbonyl (C=O) groups is 1. The SMILES string of the molecule is O=C(Oc1ccc([N+](=O)[O-])cc1Cl)c1ccc(OC(F)F)cc1. The van der Waals surface area contributed by atoms with Crippen LogP contribution in [0.3, 0.4) is 0 Å². The molecule has 0 fully saturated rings. The summed E-state index contributed by atoms with van der Waals surface area (Å²) < 4.78 is 33.2. The third-order valence-electron chi connectivity index (χ3n) is 2.64. The van der Waals surface area contributed by atoms with Crippen LogP contribution >= 0.6 is 11.6 Å². The van der Waals surface area contributed by atoms with E-state index in [-0.39, 0.29) is 27.8 Å². The number of alkyl halides is 2. The maximum absolute atomic E-state index is 12.0. The van der Waals surface area contributed by atoms with Gasteiger partial charge in [-0.25, -0.2) is 4.79 Å². The van der Waals surface area contributed by atoms with Crippen molar-refractivity contribution in [3.05, 3.63) is 63.2 Å². The summed E-state index contributed by atoms with van der Waals surface area (Å²) in [6.07, 6.45) is 0. The van der Waals surface area contributed by atoms with Gasteiger partial charge < -0.3 is 9.47 Å². The minimum Gasteiger partial charge on any atom is -0.435 e. The van der Waals surface area contributed by atoms with Crippen molar-refractivity contribution >= 4 is 23.3 Å². The van der Waals surface area contributed by atoms with Crippen LogP contribution in [0.4, 0.5) is 14.5 Å². The zero-order chi connectivity index (χ0) is 17.0. The van der Waals surface area contributed by atoms with Crippen molar-refractivity contribution in [1.29, 1.82) is 0 Å². The van der Waals surface area contributed by atoms with Crippen molar-refractivity contribution in [3.8, 4) is 11.5 Å². The molecule has 0 amide bonds. The number of ether oxygens (including phenoxy) is 2. The number of hydrogen-bond donors (Lipinski definition) is 0. The maximum Gasteiger partial charge on any atom is 0.387 e. The number of rotatable bonds is 5. The van der Waals surface area contributed by atoms with E-state index in [1.54, 1.807) is 0 Å². The van der Waals surface area contributed by atoms with Gasteiger partial charge in [-0.3, -0.25) is 10.1 Å².